The molecule has 1 aliphatic carbocycles. The maximum Gasteiger partial charge on any atom is 0.0960 e. The highest BCUT2D eigenvalue weighted by molar-refractivity contribution is 5.85. The van der Waals surface area contributed by atoms with Crippen LogP contribution in [0.15, 0.2) is 47.1 Å². The molecule has 2 heterocycles. The summed E-state index contributed by atoms with van der Waals surface area (Å²) in [5.41, 5.74) is 2.80. The number of fused-ring (bicyclic) bond motifs is 2. The van der Waals surface area contributed by atoms with Crippen LogP contribution in [0.2, 0.25) is 0 Å². The summed E-state index contributed by atoms with van der Waals surface area (Å²) in [6.45, 7) is 3.65. The summed E-state index contributed by atoms with van der Waals surface area (Å²) in [4.78, 5) is 2.35. The molecule has 108 valence electrons. The van der Waals surface area contributed by atoms with E-state index in [0.717, 1.165) is 30.8 Å². The number of rotatable bonds is 3. The first kappa shape index (κ1) is 13.8. The summed E-state index contributed by atoms with van der Waals surface area (Å²) in [6.07, 6.45) is 3.07. The second-order valence-electron chi connectivity index (χ2n) is 5.94. The van der Waals surface area contributed by atoms with Crippen LogP contribution in [0.5, 0.6) is 0 Å². The monoisotopic (exact) mass is 281 g/mol. The summed E-state index contributed by atoms with van der Waals surface area (Å²) < 4.78 is 0. The quantitative estimate of drug-likeness (QED) is 0.526. The number of hydrogen-bond acceptors (Lipinski definition) is 4. The van der Waals surface area contributed by atoms with Gasteiger partial charge in [-0.25, -0.2) is 0 Å². The minimum atomic E-state index is 0.0381. The van der Waals surface area contributed by atoms with Gasteiger partial charge in [-0.05, 0) is 24.8 Å². The number of benzene rings is 1. The minimum Gasteiger partial charge on any atom is -0.411 e. The smallest absolute Gasteiger partial charge is 0.0960 e. The van der Waals surface area contributed by atoms with E-state index in [1.54, 1.807) is 0 Å². The fraction of sp³-hybridized carbons (Fsp3) is 0.412. The van der Waals surface area contributed by atoms with Gasteiger partial charge in [0.05, 0.1) is 17.8 Å². The molecule has 3 atom stereocenters. The molecule has 4 nitrogen and oxygen atoms in total. The predicted octanol–water partition coefficient (Wildman–Crippen LogP) is 2.81. The number of oxime groups is 1. The first-order valence-corrected chi connectivity index (χ1v) is 7.31. The van der Waals surface area contributed by atoms with Crippen LogP contribution in [0.25, 0.3) is 0 Å². The third-order valence-corrected chi connectivity index (χ3v) is 4.59. The number of nitrogens with zero attached hydrogens (tertiary/aromatic N) is 3. The second-order valence-corrected chi connectivity index (χ2v) is 5.94. The third kappa shape index (κ3) is 2.57. The van der Waals surface area contributed by atoms with Gasteiger partial charge in [0, 0.05) is 24.6 Å². The van der Waals surface area contributed by atoms with Gasteiger partial charge in [0.25, 0.3) is 0 Å². The fourth-order valence-corrected chi connectivity index (χ4v) is 3.64. The molecule has 2 bridgehead atoms. The van der Waals surface area contributed by atoms with Gasteiger partial charge in [-0.2, -0.15) is 5.26 Å². The van der Waals surface area contributed by atoms with Gasteiger partial charge in [0.15, 0.2) is 0 Å². The Morgan fingerprint density at radius 2 is 2.19 bits per heavy atom. The normalized spacial score (nSPS) is 29.0. The van der Waals surface area contributed by atoms with Crippen molar-refractivity contribution in [2.24, 2.45) is 17.0 Å². The molecule has 1 aromatic rings. The highest BCUT2D eigenvalue weighted by Crippen LogP contribution is 2.39. The van der Waals surface area contributed by atoms with Crippen molar-refractivity contribution in [2.45, 2.75) is 25.9 Å². The van der Waals surface area contributed by atoms with E-state index in [1.165, 1.54) is 5.56 Å². The Kier molecular flexibility index (Phi) is 3.76. The molecule has 1 fully saturated rings. The highest BCUT2D eigenvalue weighted by Gasteiger charge is 2.43. The topological polar surface area (TPSA) is 59.6 Å². The average molecular weight is 281 g/mol. The lowest BCUT2D eigenvalue weighted by atomic mass is 9.72. The van der Waals surface area contributed by atoms with Gasteiger partial charge in [0.1, 0.15) is 0 Å². The van der Waals surface area contributed by atoms with Crippen LogP contribution < -0.4 is 0 Å². The molecule has 0 spiro atoms. The summed E-state index contributed by atoms with van der Waals surface area (Å²) in [5, 5.41) is 21.9. The number of nitriles is 1. The summed E-state index contributed by atoms with van der Waals surface area (Å²) in [5.74, 6) is 0.507. The molecule has 2 aliphatic heterocycles. The van der Waals surface area contributed by atoms with Crippen molar-refractivity contribution in [3.05, 3.63) is 47.5 Å². The average Bonchev–Trinajstić information content (AvgIpc) is 2.54. The van der Waals surface area contributed by atoms with E-state index in [9.17, 15) is 5.26 Å². The van der Waals surface area contributed by atoms with E-state index in [2.05, 4.69) is 34.3 Å². The van der Waals surface area contributed by atoms with Gasteiger partial charge < -0.3 is 5.21 Å². The van der Waals surface area contributed by atoms with Crippen LogP contribution in [0.1, 0.15) is 18.9 Å². The Labute approximate surface area is 125 Å². The highest BCUT2D eigenvalue weighted by atomic mass is 16.4. The zero-order valence-electron chi connectivity index (χ0n) is 12.1. The molecule has 1 N–H and O–H groups in total. The van der Waals surface area contributed by atoms with E-state index in [1.807, 2.05) is 25.1 Å². The fourth-order valence-electron chi connectivity index (χ4n) is 3.64. The van der Waals surface area contributed by atoms with E-state index in [0.29, 0.717) is 5.92 Å². The molecule has 1 saturated heterocycles. The Balaban J connectivity index is 1.89. The molecule has 1 aromatic carbocycles. The summed E-state index contributed by atoms with van der Waals surface area (Å²) in [6, 6.07) is 12.7. The summed E-state index contributed by atoms with van der Waals surface area (Å²) >= 11 is 0. The lowest BCUT2D eigenvalue weighted by molar-refractivity contribution is 0.0965. The van der Waals surface area contributed by atoms with Crippen LogP contribution in [0.4, 0.5) is 0 Å². The van der Waals surface area contributed by atoms with Gasteiger partial charge >= 0.3 is 0 Å². The number of piperidine rings is 1. The number of hydrogen-bond donors (Lipinski definition) is 1. The molecule has 3 aliphatic rings. The molecule has 3 unspecified atom stereocenters. The lowest BCUT2D eigenvalue weighted by Gasteiger charge is -2.47. The third-order valence-electron chi connectivity index (χ3n) is 4.59. The van der Waals surface area contributed by atoms with Crippen molar-refractivity contribution in [3.63, 3.8) is 0 Å². The molecule has 0 aromatic heterocycles. The summed E-state index contributed by atoms with van der Waals surface area (Å²) in [7, 11) is 0. The second kappa shape index (κ2) is 5.71. The van der Waals surface area contributed by atoms with Gasteiger partial charge in [-0.3, -0.25) is 4.90 Å². The lowest BCUT2D eigenvalue weighted by Crippen LogP contribution is -2.54. The Morgan fingerprint density at radius 1 is 1.43 bits per heavy atom. The standard InChI is InChI=1S/C17H19N3O/c1-12(19-21)16-8-14-7-15(9-18)17(16)20(11-14)10-13-5-3-2-4-6-13/h2-7,14,16-17,21H,8,10-11H2,1H3/b19-12+. The first-order chi connectivity index (χ1) is 10.2. The molecule has 0 amide bonds. The molecule has 4 rings (SSSR count). The zero-order valence-corrected chi connectivity index (χ0v) is 12.1. The molecule has 0 saturated carbocycles. The van der Waals surface area contributed by atoms with E-state index in [4.69, 9.17) is 5.21 Å². The zero-order chi connectivity index (χ0) is 14.8. The van der Waals surface area contributed by atoms with Crippen LogP contribution in [-0.4, -0.2) is 28.4 Å². The van der Waals surface area contributed by atoms with Crippen LogP contribution in [-0.2, 0) is 6.54 Å². The Hall–Kier alpha value is -2.12. The van der Waals surface area contributed by atoms with Gasteiger partial charge in [-0.1, -0.05) is 41.6 Å². The van der Waals surface area contributed by atoms with Crippen molar-refractivity contribution in [1.29, 1.82) is 5.26 Å². The van der Waals surface area contributed by atoms with E-state index in [-0.39, 0.29) is 12.0 Å². The van der Waals surface area contributed by atoms with Gasteiger partial charge in [0.2, 0.25) is 0 Å². The van der Waals surface area contributed by atoms with Crippen molar-refractivity contribution >= 4 is 5.71 Å². The molecular formula is C17H19N3O. The molecule has 4 heteroatoms. The molecular weight excluding hydrogens is 262 g/mol. The maximum atomic E-state index is 9.42. The molecule has 0 radical (unpaired) electrons. The van der Waals surface area contributed by atoms with Crippen LogP contribution in [0, 0.1) is 23.2 Å². The minimum absolute atomic E-state index is 0.0381. The largest absolute Gasteiger partial charge is 0.411 e. The predicted molar refractivity (Wildman–Crippen MR) is 80.8 cm³/mol. The van der Waals surface area contributed by atoms with E-state index >= 15 is 0 Å². The van der Waals surface area contributed by atoms with Crippen molar-refractivity contribution < 1.29 is 5.21 Å². The molecule has 21 heavy (non-hydrogen) atoms. The van der Waals surface area contributed by atoms with Crippen molar-refractivity contribution in [2.75, 3.05) is 6.54 Å². The maximum absolute atomic E-state index is 9.42. The van der Waals surface area contributed by atoms with E-state index < -0.39 is 0 Å². The Bertz CT molecular complexity index is 615. The SMILES string of the molecule is C/C(=N\O)C1CC2C=C(C#N)C1N(Cc1ccccc1)C2. The van der Waals surface area contributed by atoms with Crippen molar-refractivity contribution in [1.82, 2.24) is 4.90 Å². The van der Waals surface area contributed by atoms with Crippen LogP contribution in [0.3, 0.4) is 0 Å². The van der Waals surface area contributed by atoms with Crippen molar-refractivity contribution in [3.8, 4) is 6.07 Å². The van der Waals surface area contributed by atoms with Gasteiger partial charge in [-0.15, -0.1) is 0 Å². The Morgan fingerprint density at radius 3 is 2.86 bits per heavy atom. The van der Waals surface area contributed by atoms with Crippen LogP contribution >= 0.6 is 0 Å². The first-order valence-electron chi connectivity index (χ1n) is 7.31.